The number of hydrogen-bond donors (Lipinski definition) is 1. The summed E-state index contributed by atoms with van der Waals surface area (Å²) in [5.74, 6) is 0.640. The van der Waals surface area contributed by atoms with E-state index in [9.17, 15) is 0 Å². The van der Waals surface area contributed by atoms with Crippen LogP contribution in [0.25, 0.3) is 77.7 Å². The fourth-order valence-corrected chi connectivity index (χ4v) is 5.72. The van der Waals surface area contributed by atoms with Gasteiger partial charge in [0.05, 0.1) is 5.52 Å². The first-order valence-electron chi connectivity index (χ1n) is 13.5. The molecule has 0 spiro atoms. The lowest BCUT2D eigenvalue weighted by atomic mass is 9.92. The maximum absolute atomic E-state index is 5.97. The lowest BCUT2D eigenvalue weighted by Gasteiger charge is -2.12. The molecule has 0 aliphatic rings. The Kier molecular flexibility index (Phi) is 5.14. The van der Waals surface area contributed by atoms with Crippen LogP contribution in [0, 0.1) is 0 Å². The molecule has 1 N–H and O–H groups in total. The summed E-state index contributed by atoms with van der Waals surface area (Å²) in [7, 11) is 0. The van der Waals surface area contributed by atoms with Crippen LogP contribution in [-0.2, 0) is 0 Å². The van der Waals surface area contributed by atoms with Crippen LogP contribution in [0.5, 0.6) is 0 Å². The molecule has 3 heteroatoms. The van der Waals surface area contributed by atoms with E-state index in [0.29, 0.717) is 5.89 Å². The number of rotatable bonds is 4. The quantitative estimate of drug-likeness (QED) is 0.255. The van der Waals surface area contributed by atoms with E-state index < -0.39 is 0 Å². The summed E-state index contributed by atoms with van der Waals surface area (Å²) in [6.45, 7) is 0. The first-order chi connectivity index (χ1) is 19.8. The predicted octanol–water partition coefficient (Wildman–Crippen LogP) is 10.1. The maximum atomic E-state index is 5.97. The molecule has 0 saturated heterocycles. The highest BCUT2D eigenvalue weighted by molar-refractivity contribution is 6.11. The first kappa shape index (κ1) is 22.6. The zero-order chi connectivity index (χ0) is 26.5. The molecule has 0 aliphatic carbocycles. The molecule has 3 nitrogen and oxygen atoms in total. The van der Waals surface area contributed by atoms with Gasteiger partial charge in [0.15, 0.2) is 5.58 Å². The van der Waals surface area contributed by atoms with Crippen molar-refractivity contribution >= 4 is 32.9 Å². The monoisotopic (exact) mass is 512 g/mol. The van der Waals surface area contributed by atoms with Crippen LogP contribution in [0.3, 0.4) is 0 Å². The Morgan fingerprint density at radius 3 is 1.73 bits per heavy atom. The minimum atomic E-state index is 0.640. The number of aromatic nitrogens is 2. The number of H-pyrrole nitrogens is 1. The predicted molar refractivity (Wildman–Crippen MR) is 165 cm³/mol. The summed E-state index contributed by atoms with van der Waals surface area (Å²) >= 11 is 0. The van der Waals surface area contributed by atoms with Gasteiger partial charge in [0.2, 0.25) is 5.89 Å². The third kappa shape index (κ3) is 3.71. The lowest BCUT2D eigenvalue weighted by molar-refractivity contribution is 0.620. The van der Waals surface area contributed by atoms with Gasteiger partial charge < -0.3 is 9.40 Å². The lowest BCUT2D eigenvalue weighted by Crippen LogP contribution is -1.87. The highest BCUT2D eigenvalue weighted by Gasteiger charge is 2.12. The summed E-state index contributed by atoms with van der Waals surface area (Å²) in [6.07, 6.45) is 0. The second kappa shape index (κ2) is 9.11. The number of oxazole rings is 1. The zero-order valence-electron chi connectivity index (χ0n) is 21.6. The van der Waals surface area contributed by atoms with Crippen molar-refractivity contribution in [3.05, 3.63) is 140 Å². The molecule has 2 aromatic heterocycles. The van der Waals surface area contributed by atoms with Crippen molar-refractivity contribution in [3.8, 4) is 44.8 Å². The number of fused-ring (bicyclic) bond motifs is 4. The maximum Gasteiger partial charge on any atom is 0.227 e. The molecule has 8 aromatic rings. The standard InChI is InChI=1S/C37H24N2O/c1-2-9-29(25-20-22-27(23-21-25)37-39-34-14-5-6-15-35(34)40-37)28(8-1)24-16-18-26(19-17-24)30-11-7-12-32-31-10-3-4-13-33(31)38-36(30)32/h1-23,38H. The molecule has 0 amide bonds. The van der Waals surface area contributed by atoms with Gasteiger partial charge in [-0.3, -0.25) is 0 Å². The van der Waals surface area contributed by atoms with E-state index in [1.54, 1.807) is 0 Å². The van der Waals surface area contributed by atoms with E-state index in [0.717, 1.165) is 27.7 Å². The van der Waals surface area contributed by atoms with E-state index in [-0.39, 0.29) is 0 Å². The Hall–Kier alpha value is -5.41. The van der Waals surface area contributed by atoms with Gasteiger partial charge in [-0.05, 0) is 58.1 Å². The van der Waals surface area contributed by atoms with Crippen LogP contribution in [0.15, 0.2) is 144 Å². The molecule has 0 radical (unpaired) electrons. The Balaban J connectivity index is 1.14. The Labute approximate surface area is 231 Å². The van der Waals surface area contributed by atoms with Crippen molar-refractivity contribution < 1.29 is 4.42 Å². The number of nitrogens with one attached hydrogen (secondary N) is 1. The van der Waals surface area contributed by atoms with Gasteiger partial charge in [-0.15, -0.1) is 0 Å². The first-order valence-corrected chi connectivity index (χ1v) is 13.5. The van der Waals surface area contributed by atoms with Crippen LogP contribution < -0.4 is 0 Å². The van der Waals surface area contributed by atoms with E-state index in [1.807, 2.05) is 24.3 Å². The summed E-state index contributed by atoms with van der Waals surface area (Å²) < 4.78 is 5.97. The van der Waals surface area contributed by atoms with Crippen LogP contribution >= 0.6 is 0 Å². The van der Waals surface area contributed by atoms with Crippen molar-refractivity contribution in [2.45, 2.75) is 0 Å². The number of hydrogen-bond acceptors (Lipinski definition) is 2. The van der Waals surface area contributed by atoms with Crippen LogP contribution in [0.4, 0.5) is 0 Å². The summed E-state index contributed by atoms with van der Waals surface area (Å²) in [4.78, 5) is 8.28. The fraction of sp³-hybridized carbons (Fsp3) is 0. The SMILES string of the molecule is c1ccc(-c2ccc(-c3cccc4c3[nH]c3ccccc34)cc2)c(-c2ccc(-c3nc4ccccc4o3)cc2)c1. The van der Waals surface area contributed by atoms with Gasteiger partial charge in [0, 0.05) is 27.4 Å². The Morgan fingerprint density at radius 2 is 1.00 bits per heavy atom. The molecule has 2 heterocycles. The molecule has 0 fully saturated rings. The van der Waals surface area contributed by atoms with E-state index in [4.69, 9.17) is 4.42 Å². The van der Waals surface area contributed by atoms with Crippen LogP contribution in [0.2, 0.25) is 0 Å². The molecule has 8 rings (SSSR count). The number of nitrogens with zero attached hydrogens (tertiary/aromatic N) is 1. The Morgan fingerprint density at radius 1 is 0.450 bits per heavy atom. The number of benzene rings is 6. The molecule has 0 saturated carbocycles. The van der Waals surface area contributed by atoms with E-state index >= 15 is 0 Å². The normalized spacial score (nSPS) is 11.5. The van der Waals surface area contributed by atoms with Crippen LogP contribution in [-0.4, -0.2) is 9.97 Å². The average molecular weight is 513 g/mol. The molecule has 40 heavy (non-hydrogen) atoms. The molecule has 0 bridgehead atoms. The van der Waals surface area contributed by atoms with Gasteiger partial charge in [0.1, 0.15) is 5.52 Å². The second-order valence-corrected chi connectivity index (χ2v) is 10.1. The van der Waals surface area contributed by atoms with Gasteiger partial charge in [0.25, 0.3) is 0 Å². The van der Waals surface area contributed by atoms with Gasteiger partial charge in [-0.2, -0.15) is 0 Å². The van der Waals surface area contributed by atoms with Crippen molar-refractivity contribution in [1.82, 2.24) is 9.97 Å². The molecular formula is C37H24N2O. The second-order valence-electron chi connectivity index (χ2n) is 10.1. The summed E-state index contributed by atoms with van der Waals surface area (Å²) in [5.41, 5.74) is 12.1. The fourth-order valence-electron chi connectivity index (χ4n) is 5.72. The minimum absolute atomic E-state index is 0.640. The Bertz CT molecular complexity index is 2120. The molecule has 0 unspecified atom stereocenters. The minimum Gasteiger partial charge on any atom is -0.436 e. The molecule has 188 valence electrons. The van der Waals surface area contributed by atoms with Crippen molar-refractivity contribution in [2.75, 3.05) is 0 Å². The highest BCUT2D eigenvalue weighted by atomic mass is 16.3. The zero-order valence-corrected chi connectivity index (χ0v) is 21.6. The van der Waals surface area contributed by atoms with Gasteiger partial charge >= 0.3 is 0 Å². The molecule has 0 aliphatic heterocycles. The van der Waals surface area contributed by atoms with E-state index in [2.05, 4.69) is 125 Å². The summed E-state index contributed by atoms with van der Waals surface area (Å²) in [6, 6.07) is 48.8. The molecule has 6 aromatic carbocycles. The van der Waals surface area contributed by atoms with Crippen molar-refractivity contribution in [3.63, 3.8) is 0 Å². The van der Waals surface area contributed by atoms with Gasteiger partial charge in [-0.1, -0.05) is 109 Å². The van der Waals surface area contributed by atoms with Crippen molar-refractivity contribution in [1.29, 1.82) is 0 Å². The average Bonchev–Trinajstić information content (AvgIpc) is 3.63. The largest absolute Gasteiger partial charge is 0.436 e. The highest BCUT2D eigenvalue weighted by Crippen LogP contribution is 2.37. The van der Waals surface area contributed by atoms with Crippen LogP contribution in [0.1, 0.15) is 0 Å². The molecule has 0 atom stereocenters. The van der Waals surface area contributed by atoms with Crippen molar-refractivity contribution in [2.24, 2.45) is 0 Å². The molecular weight excluding hydrogens is 488 g/mol. The third-order valence-corrected chi connectivity index (χ3v) is 7.71. The van der Waals surface area contributed by atoms with E-state index in [1.165, 1.54) is 44.1 Å². The topological polar surface area (TPSA) is 41.8 Å². The number of aromatic amines is 1. The number of para-hydroxylation sites is 4. The smallest absolute Gasteiger partial charge is 0.227 e. The summed E-state index contributed by atoms with van der Waals surface area (Å²) in [5, 5.41) is 2.51. The van der Waals surface area contributed by atoms with Gasteiger partial charge in [-0.25, -0.2) is 4.98 Å². The third-order valence-electron chi connectivity index (χ3n) is 7.71.